The van der Waals surface area contributed by atoms with Gasteiger partial charge in [0, 0.05) is 0 Å². The number of methoxy groups -OCH3 is 1. The maximum atomic E-state index is 11.5. The van der Waals surface area contributed by atoms with Crippen molar-refractivity contribution in [3.63, 3.8) is 0 Å². The van der Waals surface area contributed by atoms with E-state index in [-0.39, 0.29) is 18.9 Å². The van der Waals surface area contributed by atoms with E-state index in [4.69, 9.17) is 11.2 Å². The van der Waals surface area contributed by atoms with E-state index >= 15 is 0 Å². The average molecular weight is 361 g/mol. The van der Waals surface area contributed by atoms with Gasteiger partial charge in [0.15, 0.2) is 0 Å². The molecule has 0 unspecified atom stereocenters. The molecule has 17 heavy (non-hydrogen) atoms. The summed E-state index contributed by atoms with van der Waals surface area (Å²) in [5.74, 6) is 2.96. The SMILES string of the molecule is C#CCNC(=O)Cc1cc(Br)c(OC)c(Br)c1. The molecule has 0 aliphatic carbocycles. The van der Waals surface area contributed by atoms with Crippen LogP contribution in [0.2, 0.25) is 0 Å². The number of hydrogen-bond donors (Lipinski definition) is 1. The lowest BCUT2D eigenvalue weighted by Gasteiger charge is -2.09. The molecule has 0 aliphatic heterocycles. The molecule has 1 amide bonds. The van der Waals surface area contributed by atoms with E-state index in [1.54, 1.807) is 7.11 Å². The fraction of sp³-hybridized carbons (Fsp3) is 0.250. The Kier molecular flexibility index (Phi) is 5.52. The van der Waals surface area contributed by atoms with Gasteiger partial charge in [0.05, 0.1) is 29.0 Å². The van der Waals surface area contributed by atoms with Crippen molar-refractivity contribution in [2.45, 2.75) is 6.42 Å². The number of carbonyl (C=O) groups excluding carboxylic acids is 1. The summed E-state index contributed by atoms with van der Waals surface area (Å²) in [7, 11) is 1.59. The maximum absolute atomic E-state index is 11.5. The molecule has 90 valence electrons. The highest BCUT2D eigenvalue weighted by Gasteiger charge is 2.10. The van der Waals surface area contributed by atoms with Gasteiger partial charge in [-0.15, -0.1) is 6.42 Å². The lowest BCUT2D eigenvalue weighted by Crippen LogP contribution is -2.25. The van der Waals surface area contributed by atoms with Crippen molar-refractivity contribution in [2.24, 2.45) is 0 Å². The Hall–Kier alpha value is -0.990. The molecule has 3 nitrogen and oxygen atoms in total. The van der Waals surface area contributed by atoms with Gasteiger partial charge < -0.3 is 10.1 Å². The number of rotatable bonds is 4. The van der Waals surface area contributed by atoms with E-state index in [1.807, 2.05) is 12.1 Å². The van der Waals surface area contributed by atoms with E-state index in [0.29, 0.717) is 5.75 Å². The molecule has 0 heterocycles. The molecule has 0 spiro atoms. The van der Waals surface area contributed by atoms with Crippen molar-refractivity contribution in [3.05, 3.63) is 26.6 Å². The van der Waals surface area contributed by atoms with Crippen LogP contribution in [0.4, 0.5) is 0 Å². The normalized spacial score (nSPS) is 9.53. The van der Waals surface area contributed by atoms with Crippen molar-refractivity contribution in [1.82, 2.24) is 5.32 Å². The third kappa shape index (κ3) is 4.06. The van der Waals surface area contributed by atoms with Crippen LogP contribution in [0.25, 0.3) is 0 Å². The van der Waals surface area contributed by atoms with Gasteiger partial charge in [-0.05, 0) is 49.6 Å². The molecular weight excluding hydrogens is 350 g/mol. The molecular formula is C12H11Br2NO2. The van der Waals surface area contributed by atoms with Gasteiger partial charge >= 0.3 is 0 Å². The second-order valence-electron chi connectivity index (χ2n) is 3.25. The van der Waals surface area contributed by atoms with E-state index < -0.39 is 0 Å². The molecule has 0 saturated carbocycles. The number of carbonyl (C=O) groups is 1. The quantitative estimate of drug-likeness (QED) is 0.838. The number of benzene rings is 1. The van der Waals surface area contributed by atoms with E-state index in [1.165, 1.54) is 0 Å². The Balaban J connectivity index is 2.80. The second-order valence-corrected chi connectivity index (χ2v) is 4.96. The number of hydrogen-bond acceptors (Lipinski definition) is 2. The molecule has 0 atom stereocenters. The largest absolute Gasteiger partial charge is 0.494 e. The smallest absolute Gasteiger partial charge is 0.225 e. The van der Waals surface area contributed by atoms with Crippen molar-refractivity contribution in [2.75, 3.05) is 13.7 Å². The molecule has 5 heteroatoms. The van der Waals surface area contributed by atoms with Gasteiger partial charge in [0.2, 0.25) is 5.91 Å². The van der Waals surface area contributed by atoms with Gasteiger partial charge in [-0.25, -0.2) is 0 Å². The zero-order chi connectivity index (χ0) is 12.8. The summed E-state index contributed by atoms with van der Waals surface area (Å²) in [5.41, 5.74) is 0.874. The van der Waals surface area contributed by atoms with Crippen LogP contribution in [-0.2, 0) is 11.2 Å². The lowest BCUT2D eigenvalue weighted by molar-refractivity contribution is -0.120. The Morgan fingerprint density at radius 1 is 1.47 bits per heavy atom. The average Bonchev–Trinajstić information content (AvgIpc) is 2.26. The predicted octanol–water partition coefficient (Wildman–Crippen LogP) is 2.51. The van der Waals surface area contributed by atoms with E-state index in [9.17, 15) is 4.79 Å². The zero-order valence-corrected chi connectivity index (χ0v) is 12.4. The summed E-state index contributed by atoms with van der Waals surface area (Å²) in [5, 5.41) is 2.61. The number of amides is 1. The first-order valence-electron chi connectivity index (χ1n) is 4.80. The first-order valence-corrected chi connectivity index (χ1v) is 6.39. The van der Waals surface area contributed by atoms with Crippen LogP contribution in [0.3, 0.4) is 0 Å². The number of nitrogens with one attached hydrogen (secondary N) is 1. The Morgan fingerprint density at radius 3 is 2.53 bits per heavy atom. The third-order valence-electron chi connectivity index (χ3n) is 2.01. The molecule has 0 bridgehead atoms. The van der Waals surface area contributed by atoms with E-state index in [2.05, 4.69) is 43.1 Å². The van der Waals surface area contributed by atoms with Crippen LogP contribution < -0.4 is 10.1 Å². The minimum atomic E-state index is -0.105. The summed E-state index contributed by atoms with van der Waals surface area (Å²) in [6.45, 7) is 0.247. The van der Waals surface area contributed by atoms with E-state index in [0.717, 1.165) is 14.5 Å². The molecule has 1 aromatic rings. The summed E-state index contributed by atoms with van der Waals surface area (Å²) < 4.78 is 6.78. The molecule has 0 aliphatic rings. The number of halogens is 2. The van der Waals surface area contributed by atoms with Crippen molar-refractivity contribution in [3.8, 4) is 18.1 Å². The summed E-state index contributed by atoms with van der Waals surface area (Å²) in [4.78, 5) is 11.5. The zero-order valence-electron chi connectivity index (χ0n) is 9.22. The van der Waals surface area contributed by atoms with Crippen molar-refractivity contribution in [1.29, 1.82) is 0 Å². The molecule has 0 fully saturated rings. The highest BCUT2D eigenvalue weighted by atomic mass is 79.9. The first kappa shape index (κ1) is 14.1. The van der Waals surface area contributed by atoms with Gasteiger partial charge in [-0.1, -0.05) is 5.92 Å². The number of ether oxygens (including phenoxy) is 1. The molecule has 0 aromatic heterocycles. The molecule has 0 saturated heterocycles. The lowest BCUT2D eigenvalue weighted by atomic mass is 10.1. The molecule has 1 rings (SSSR count). The van der Waals surface area contributed by atoms with Crippen LogP contribution in [0.15, 0.2) is 21.1 Å². The second kappa shape index (κ2) is 6.67. The van der Waals surface area contributed by atoms with Crippen molar-refractivity contribution < 1.29 is 9.53 Å². The first-order chi connectivity index (χ1) is 8.08. The summed E-state index contributed by atoms with van der Waals surface area (Å²) in [6.07, 6.45) is 5.34. The summed E-state index contributed by atoms with van der Waals surface area (Å²) >= 11 is 6.76. The Labute approximate surface area is 117 Å². The highest BCUT2D eigenvalue weighted by molar-refractivity contribution is 9.11. The predicted molar refractivity (Wildman–Crippen MR) is 73.9 cm³/mol. The standard InChI is InChI=1S/C12H11Br2NO2/c1-3-4-15-11(16)7-8-5-9(13)12(17-2)10(14)6-8/h1,5-6H,4,7H2,2H3,(H,15,16). The van der Waals surface area contributed by atoms with Gasteiger partial charge in [0.1, 0.15) is 5.75 Å². The number of terminal acetylenes is 1. The van der Waals surface area contributed by atoms with Gasteiger partial charge in [-0.3, -0.25) is 4.79 Å². The monoisotopic (exact) mass is 359 g/mol. The fourth-order valence-corrected chi connectivity index (χ4v) is 2.91. The van der Waals surface area contributed by atoms with Gasteiger partial charge in [-0.2, -0.15) is 0 Å². The van der Waals surface area contributed by atoms with Crippen LogP contribution >= 0.6 is 31.9 Å². The molecule has 1 aromatic carbocycles. The van der Waals surface area contributed by atoms with Crippen molar-refractivity contribution >= 4 is 37.8 Å². The van der Waals surface area contributed by atoms with Crippen LogP contribution in [-0.4, -0.2) is 19.6 Å². The van der Waals surface area contributed by atoms with Gasteiger partial charge in [0.25, 0.3) is 0 Å². The highest BCUT2D eigenvalue weighted by Crippen LogP contribution is 2.34. The van der Waals surface area contributed by atoms with Crippen LogP contribution in [0.5, 0.6) is 5.75 Å². The van der Waals surface area contributed by atoms with Crippen LogP contribution in [0.1, 0.15) is 5.56 Å². The third-order valence-corrected chi connectivity index (χ3v) is 3.19. The molecule has 1 N–H and O–H groups in total. The van der Waals surface area contributed by atoms with Crippen LogP contribution in [0, 0.1) is 12.3 Å². The Morgan fingerprint density at radius 2 is 2.06 bits per heavy atom. The fourth-order valence-electron chi connectivity index (χ4n) is 1.31. The topological polar surface area (TPSA) is 38.3 Å². The summed E-state index contributed by atoms with van der Waals surface area (Å²) in [6, 6.07) is 3.69. The Bertz CT molecular complexity index is 443. The minimum absolute atomic E-state index is 0.105. The minimum Gasteiger partial charge on any atom is -0.494 e. The molecule has 0 radical (unpaired) electrons. The maximum Gasteiger partial charge on any atom is 0.225 e.